The van der Waals surface area contributed by atoms with Crippen LogP contribution in [0.15, 0.2) is 0 Å². The first-order valence-electron chi connectivity index (χ1n) is 5.11. The third kappa shape index (κ3) is 2.11. The van der Waals surface area contributed by atoms with Crippen LogP contribution < -0.4 is 5.73 Å². The number of aliphatic hydroxyl groups is 4. The third-order valence-electron chi connectivity index (χ3n) is 2.75. The molecule has 1 aliphatic rings. The molecule has 1 saturated heterocycles. The third-order valence-corrected chi connectivity index (χ3v) is 3.71. The molecule has 2 heterocycles. The molecule has 4 atom stereocenters. The fourth-order valence-corrected chi connectivity index (χ4v) is 2.55. The molecular formula is C8H11IN4O6. The fourth-order valence-electron chi connectivity index (χ4n) is 1.73. The Labute approximate surface area is 119 Å². The highest BCUT2D eigenvalue weighted by atomic mass is 127. The summed E-state index contributed by atoms with van der Waals surface area (Å²) >= 11 is 1.63. The summed E-state index contributed by atoms with van der Waals surface area (Å²) in [5.41, 5.74) is 4.84. The number of hydrogen-bond acceptors (Lipinski definition) is 8. The van der Waals surface area contributed by atoms with Crippen LogP contribution in [-0.4, -0.2) is 66.2 Å². The Morgan fingerprint density at radius 1 is 1.58 bits per heavy atom. The van der Waals surface area contributed by atoms with Crippen LogP contribution >= 0.6 is 22.6 Å². The van der Waals surface area contributed by atoms with E-state index in [1.165, 1.54) is 0 Å². The van der Waals surface area contributed by atoms with Crippen molar-refractivity contribution in [1.29, 1.82) is 0 Å². The van der Waals surface area contributed by atoms with Crippen molar-refractivity contribution in [3.8, 4) is 0 Å². The number of nitrogens with two attached hydrogens (primary N) is 1. The van der Waals surface area contributed by atoms with Gasteiger partial charge in [-0.1, -0.05) is 5.21 Å². The highest BCUT2D eigenvalue weighted by molar-refractivity contribution is 14.1. The highest BCUT2D eigenvalue weighted by Gasteiger charge is 2.56. The zero-order valence-corrected chi connectivity index (χ0v) is 11.5. The molecule has 0 saturated carbocycles. The van der Waals surface area contributed by atoms with Crippen molar-refractivity contribution in [1.82, 2.24) is 15.0 Å². The number of aliphatic hydroxyl groups excluding tert-OH is 3. The Kier molecular flexibility index (Phi) is 3.76. The fraction of sp³-hybridized carbons (Fsp3) is 0.625. The molecule has 10 nitrogen and oxygen atoms in total. The zero-order chi connectivity index (χ0) is 14.4. The summed E-state index contributed by atoms with van der Waals surface area (Å²) in [6, 6.07) is 0. The number of amides is 1. The quantitative estimate of drug-likeness (QED) is 0.337. The van der Waals surface area contributed by atoms with Crippen LogP contribution in [0.4, 0.5) is 0 Å². The molecule has 1 aliphatic heterocycles. The Morgan fingerprint density at radius 2 is 2.21 bits per heavy atom. The van der Waals surface area contributed by atoms with E-state index in [2.05, 4.69) is 10.3 Å². The number of carbonyl (C=O) groups excluding carboxylic acids is 1. The second-order valence-corrected chi connectivity index (χ2v) is 4.96. The number of halogens is 1. The van der Waals surface area contributed by atoms with Crippen LogP contribution in [0.3, 0.4) is 0 Å². The summed E-state index contributed by atoms with van der Waals surface area (Å²) in [7, 11) is 0. The Morgan fingerprint density at radius 3 is 2.63 bits per heavy atom. The van der Waals surface area contributed by atoms with Crippen molar-refractivity contribution in [3.63, 3.8) is 0 Å². The summed E-state index contributed by atoms with van der Waals surface area (Å²) in [5, 5.41) is 45.5. The first-order chi connectivity index (χ1) is 8.82. The van der Waals surface area contributed by atoms with Gasteiger partial charge in [0.1, 0.15) is 15.9 Å². The van der Waals surface area contributed by atoms with Gasteiger partial charge in [-0.25, -0.2) is 0 Å². The lowest BCUT2D eigenvalue weighted by Gasteiger charge is -2.25. The number of primary amides is 1. The van der Waals surface area contributed by atoms with Crippen molar-refractivity contribution >= 4 is 28.5 Å². The van der Waals surface area contributed by atoms with E-state index in [1.807, 2.05) is 0 Å². The van der Waals surface area contributed by atoms with E-state index in [9.17, 15) is 20.1 Å². The Hall–Kier alpha value is -0.860. The van der Waals surface area contributed by atoms with Crippen molar-refractivity contribution in [2.24, 2.45) is 5.73 Å². The van der Waals surface area contributed by atoms with Gasteiger partial charge in [0.05, 0.1) is 6.61 Å². The largest absolute Gasteiger partial charge is 0.394 e. The van der Waals surface area contributed by atoms with E-state index in [-0.39, 0.29) is 9.39 Å². The molecule has 106 valence electrons. The van der Waals surface area contributed by atoms with Crippen molar-refractivity contribution in [2.75, 3.05) is 6.61 Å². The lowest BCUT2D eigenvalue weighted by molar-refractivity contribution is -0.296. The molecule has 0 aliphatic carbocycles. The molecule has 0 spiro atoms. The molecule has 1 amide bonds. The number of hydrogen-bond donors (Lipinski definition) is 5. The number of carbonyl (C=O) groups is 1. The summed E-state index contributed by atoms with van der Waals surface area (Å²) in [6.07, 6.45) is -4.50. The zero-order valence-electron chi connectivity index (χ0n) is 9.34. The van der Waals surface area contributed by atoms with Crippen LogP contribution in [0.25, 0.3) is 0 Å². The average molecular weight is 386 g/mol. The summed E-state index contributed by atoms with van der Waals surface area (Å²) in [6.45, 7) is -0.617. The topological polar surface area (TPSA) is 164 Å². The lowest BCUT2D eigenvalue weighted by atomic mass is 10.1. The van der Waals surface area contributed by atoms with Crippen LogP contribution in [-0.2, 0) is 10.6 Å². The van der Waals surface area contributed by atoms with Gasteiger partial charge in [0.15, 0.2) is 11.8 Å². The first-order valence-corrected chi connectivity index (χ1v) is 6.19. The summed E-state index contributed by atoms with van der Waals surface area (Å²) in [4.78, 5) is 11.0. The molecule has 2 rings (SSSR count). The predicted molar refractivity (Wildman–Crippen MR) is 65.4 cm³/mol. The van der Waals surface area contributed by atoms with Crippen molar-refractivity contribution in [2.45, 2.75) is 24.2 Å². The predicted octanol–water partition coefficient (Wildman–Crippen LogP) is -3.30. The molecule has 1 aromatic rings. The minimum absolute atomic E-state index is 0.0254. The van der Waals surface area contributed by atoms with E-state index in [0.717, 1.165) is 4.68 Å². The van der Waals surface area contributed by atoms with Gasteiger partial charge in [-0.05, 0) is 22.6 Å². The van der Waals surface area contributed by atoms with E-state index >= 15 is 0 Å². The molecule has 1 fully saturated rings. The number of aromatic nitrogens is 3. The van der Waals surface area contributed by atoms with Crippen LogP contribution in [0.1, 0.15) is 10.5 Å². The standard InChI is InChI=1S/C8H11IN4O6/c9-6-3(7(10)17)11-12-13(6)8(18)5(16)4(15)2(1-14)19-8/h2,4-5,14-16,18H,1H2,(H2,10,17)/t2-,4-,5-,8+/m1/s1. The molecule has 0 aromatic carbocycles. The van der Waals surface area contributed by atoms with Crippen LogP contribution in [0, 0.1) is 3.70 Å². The summed E-state index contributed by atoms with van der Waals surface area (Å²) in [5.74, 6) is -3.31. The Bertz CT molecular complexity index is 509. The van der Waals surface area contributed by atoms with E-state index in [1.54, 1.807) is 22.6 Å². The van der Waals surface area contributed by atoms with E-state index in [4.69, 9.17) is 15.6 Å². The molecule has 11 heteroatoms. The first kappa shape index (κ1) is 14.5. The van der Waals surface area contributed by atoms with Crippen LogP contribution in [0.5, 0.6) is 0 Å². The smallest absolute Gasteiger partial charge is 0.301 e. The van der Waals surface area contributed by atoms with Gasteiger partial charge in [0, 0.05) is 0 Å². The molecule has 0 bridgehead atoms. The monoisotopic (exact) mass is 386 g/mol. The number of rotatable bonds is 3. The van der Waals surface area contributed by atoms with E-state index in [0.29, 0.717) is 0 Å². The van der Waals surface area contributed by atoms with Gasteiger partial charge in [0.25, 0.3) is 5.91 Å². The maximum absolute atomic E-state index is 11.0. The normalized spacial score (nSPS) is 34.7. The van der Waals surface area contributed by atoms with Gasteiger partial charge >= 0.3 is 5.91 Å². The van der Waals surface area contributed by atoms with E-state index < -0.39 is 36.7 Å². The SMILES string of the molecule is NC(=O)c1nnn([C@@]2(O)O[C@H](CO)[C@@H](O)[C@H]2O)c1I. The molecule has 1 aromatic heterocycles. The van der Waals surface area contributed by atoms with Gasteiger partial charge in [-0.2, -0.15) is 4.68 Å². The lowest BCUT2D eigenvalue weighted by Crippen LogP contribution is -2.47. The number of nitrogens with zero attached hydrogens (tertiary/aromatic N) is 3. The van der Waals surface area contributed by atoms with Gasteiger partial charge in [-0.3, -0.25) is 4.79 Å². The second-order valence-electron chi connectivity index (χ2n) is 3.94. The maximum atomic E-state index is 11.0. The maximum Gasteiger partial charge on any atom is 0.301 e. The molecule has 0 radical (unpaired) electrons. The average Bonchev–Trinajstić information content (AvgIpc) is 2.84. The van der Waals surface area contributed by atoms with Crippen LogP contribution in [0.2, 0.25) is 0 Å². The molecule has 0 unspecified atom stereocenters. The minimum Gasteiger partial charge on any atom is -0.394 e. The number of ether oxygens (including phenoxy) is 1. The minimum atomic E-state index is -2.44. The highest BCUT2D eigenvalue weighted by Crippen LogP contribution is 2.34. The molecular weight excluding hydrogens is 375 g/mol. The molecule has 6 N–H and O–H groups in total. The van der Waals surface area contributed by atoms with Gasteiger partial charge in [-0.15, -0.1) is 5.10 Å². The Balaban J connectivity index is 2.43. The second kappa shape index (κ2) is 4.92. The summed E-state index contributed by atoms with van der Waals surface area (Å²) < 4.78 is 5.74. The van der Waals surface area contributed by atoms with Crippen molar-refractivity contribution < 1.29 is 30.0 Å². The molecule has 19 heavy (non-hydrogen) atoms. The van der Waals surface area contributed by atoms with Gasteiger partial charge < -0.3 is 30.9 Å². The van der Waals surface area contributed by atoms with Gasteiger partial charge in [0.2, 0.25) is 0 Å². The van der Waals surface area contributed by atoms with Crippen molar-refractivity contribution in [3.05, 3.63) is 9.39 Å².